The Hall–Kier alpha value is -1.91. The van der Waals surface area contributed by atoms with Crippen molar-refractivity contribution < 1.29 is 9.53 Å². The zero-order chi connectivity index (χ0) is 15.5. The summed E-state index contributed by atoms with van der Waals surface area (Å²) in [6.07, 6.45) is 7.35. The molecule has 21 heavy (non-hydrogen) atoms. The first-order chi connectivity index (χ1) is 10.1. The van der Waals surface area contributed by atoms with Crippen molar-refractivity contribution in [1.82, 2.24) is 5.32 Å². The van der Waals surface area contributed by atoms with Crippen LogP contribution in [0.1, 0.15) is 51.0 Å². The third-order valence-corrected chi connectivity index (χ3v) is 3.29. The number of hydrogen-bond acceptors (Lipinski definition) is 3. The van der Waals surface area contributed by atoms with Crippen LogP contribution in [0.15, 0.2) is 18.2 Å². The first kappa shape index (κ1) is 17.1. The van der Waals surface area contributed by atoms with Gasteiger partial charge in [-0.05, 0) is 24.6 Å². The van der Waals surface area contributed by atoms with Gasteiger partial charge in [0.15, 0.2) is 0 Å². The Morgan fingerprint density at radius 3 is 2.62 bits per heavy atom. The van der Waals surface area contributed by atoms with Crippen LogP contribution >= 0.6 is 0 Å². The van der Waals surface area contributed by atoms with Gasteiger partial charge in [-0.3, -0.25) is 0 Å². The van der Waals surface area contributed by atoms with Crippen LogP contribution in [0.5, 0.6) is 5.75 Å². The molecule has 1 aromatic rings. The van der Waals surface area contributed by atoms with Crippen molar-refractivity contribution in [2.45, 2.75) is 52.0 Å². The third kappa shape index (κ3) is 7.44. The Labute approximate surface area is 127 Å². The third-order valence-electron chi connectivity index (χ3n) is 3.29. The normalized spacial score (nSPS) is 10.3. The van der Waals surface area contributed by atoms with E-state index in [0.717, 1.165) is 17.7 Å². The van der Waals surface area contributed by atoms with E-state index in [9.17, 15) is 4.79 Å². The molecule has 0 unspecified atom stereocenters. The monoisotopic (exact) mass is 293 g/mol. The van der Waals surface area contributed by atoms with Crippen molar-refractivity contribution in [2.24, 2.45) is 5.73 Å². The molecule has 0 aliphatic heterocycles. The highest BCUT2D eigenvalue weighted by atomic mass is 16.5. The number of carbonyl (C=O) groups excluding carboxylic acids is 1. The van der Waals surface area contributed by atoms with Gasteiger partial charge in [-0.25, -0.2) is 4.79 Å². The molecule has 0 radical (unpaired) electrons. The van der Waals surface area contributed by atoms with Gasteiger partial charge in [0, 0.05) is 17.8 Å². The molecule has 0 aliphatic carbocycles. The van der Waals surface area contributed by atoms with Gasteiger partial charge in [0.05, 0.1) is 6.61 Å². The van der Waals surface area contributed by atoms with E-state index in [2.05, 4.69) is 12.2 Å². The van der Waals surface area contributed by atoms with Crippen LogP contribution in [-0.4, -0.2) is 12.6 Å². The minimum atomic E-state index is -0.556. The second kappa shape index (κ2) is 9.91. The predicted octanol–water partition coefficient (Wildman–Crippen LogP) is 3.18. The van der Waals surface area contributed by atoms with Gasteiger partial charge in [0.2, 0.25) is 0 Å². The van der Waals surface area contributed by atoms with Crippen LogP contribution in [0.3, 0.4) is 0 Å². The number of urea groups is 1. The molecule has 0 heterocycles. The van der Waals surface area contributed by atoms with Crippen molar-refractivity contribution in [3.05, 3.63) is 23.8 Å². The largest absolute Gasteiger partial charge is 0.493 e. The van der Waals surface area contributed by atoms with Crippen LogP contribution in [0.2, 0.25) is 0 Å². The minimum Gasteiger partial charge on any atom is -0.493 e. The second-order valence-corrected chi connectivity index (χ2v) is 5.20. The smallest absolute Gasteiger partial charge is 0.312 e. The lowest BCUT2D eigenvalue weighted by Crippen LogP contribution is -2.28. The molecule has 1 rings (SSSR count). The number of anilines is 1. The SMILES string of the molecule is CCCCCCCCOc1ccc(N)cc1CNC(N)=O. The molecule has 2 amide bonds. The zero-order valence-corrected chi connectivity index (χ0v) is 12.9. The van der Waals surface area contributed by atoms with Crippen LogP contribution in [0.25, 0.3) is 0 Å². The van der Waals surface area contributed by atoms with Crippen molar-refractivity contribution >= 4 is 11.7 Å². The number of carbonyl (C=O) groups is 1. The number of hydrogen-bond donors (Lipinski definition) is 3. The average molecular weight is 293 g/mol. The molecule has 0 aromatic heterocycles. The summed E-state index contributed by atoms with van der Waals surface area (Å²) in [7, 11) is 0. The molecule has 5 heteroatoms. The van der Waals surface area contributed by atoms with Crippen LogP contribution in [0, 0.1) is 0 Å². The fraction of sp³-hybridized carbons (Fsp3) is 0.562. The van der Waals surface area contributed by atoms with Gasteiger partial charge >= 0.3 is 6.03 Å². The highest BCUT2D eigenvalue weighted by molar-refractivity contribution is 5.71. The molecule has 0 spiro atoms. The molecule has 118 valence electrons. The van der Waals surface area contributed by atoms with E-state index in [1.807, 2.05) is 6.07 Å². The van der Waals surface area contributed by atoms with Crippen molar-refractivity contribution in [1.29, 1.82) is 0 Å². The maximum Gasteiger partial charge on any atom is 0.312 e. The number of amides is 2. The van der Waals surface area contributed by atoms with Gasteiger partial charge in [-0.15, -0.1) is 0 Å². The fourth-order valence-electron chi connectivity index (χ4n) is 2.13. The number of nitrogens with one attached hydrogen (secondary N) is 1. The standard InChI is InChI=1S/C16H27N3O2/c1-2-3-4-5-6-7-10-21-15-9-8-14(17)11-13(15)12-19-16(18)20/h8-9,11H,2-7,10,12,17H2,1H3,(H3,18,19,20). The van der Waals surface area contributed by atoms with Crippen LogP contribution in [0.4, 0.5) is 10.5 Å². The highest BCUT2D eigenvalue weighted by Gasteiger charge is 2.05. The van der Waals surface area contributed by atoms with Crippen molar-refractivity contribution in [2.75, 3.05) is 12.3 Å². The molecule has 0 saturated carbocycles. The molecule has 0 bridgehead atoms. The summed E-state index contributed by atoms with van der Waals surface area (Å²) >= 11 is 0. The maximum atomic E-state index is 10.8. The van der Waals surface area contributed by atoms with E-state index in [0.29, 0.717) is 18.8 Å². The van der Waals surface area contributed by atoms with Crippen molar-refractivity contribution in [3.8, 4) is 5.75 Å². The molecule has 0 aliphatic rings. The quantitative estimate of drug-likeness (QED) is 0.457. The van der Waals surface area contributed by atoms with Crippen LogP contribution in [-0.2, 0) is 6.54 Å². The number of benzene rings is 1. The van der Waals surface area contributed by atoms with Gasteiger partial charge < -0.3 is 21.5 Å². The highest BCUT2D eigenvalue weighted by Crippen LogP contribution is 2.21. The Balaban J connectivity index is 2.37. The molecular weight excluding hydrogens is 266 g/mol. The molecule has 5 N–H and O–H groups in total. The van der Waals surface area contributed by atoms with Crippen LogP contribution < -0.4 is 21.5 Å². The Morgan fingerprint density at radius 1 is 1.19 bits per heavy atom. The Morgan fingerprint density at radius 2 is 1.90 bits per heavy atom. The number of nitrogen functional groups attached to an aromatic ring is 1. The first-order valence-corrected chi connectivity index (χ1v) is 7.68. The second-order valence-electron chi connectivity index (χ2n) is 5.20. The summed E-state index contributed by atoms with van der Waals surface area (Å²) in [4.78, 5) is 10.8. The van der Waals surface area contributed by atoms with Gasteiger partial charge in [-0.1, -0.05) is 39.0 Å². The lowest BCUT2D eigenvalue weighted by atomic mass is 10.1. The van der Waals surface area contributed by atoms with E-state index in [1.54, 1.807) is 12.1 Å². The van der Waals surface area contributed by atoms with E-state index in [1.165, 1.54) is 32.1 Å². The van der Waals surface area contributed by atoms with E-state index in [-0.39, 0.29) is 0 Å². The number of ether oxygens (including phenoxy) is 1. The molecule has 1 aromatic carbocycles. The van der Waals surface area contributed by atoms with E-state index < -0.39 is 6.03 Å². The minimum absolute atomic E-state index is 0.326. The van der Waals surface area contributed by atoms with E-state index >= 15 is 0 Å². The van der Waals surface area contributed by atoms with Gasteiger partial charge in [-0.2, -0.15) is 0 Å². The van der Waals surface area contributed by atoms with Crippen molar-refractivity contribution in [3.63, 3.8) is 0 Å². The molecule has 5 nitrogen and oxygen atoms in total. The first-order valence-electron chi connectivity index (χ1n) is 7.68. The zero-order valence-electron chi connectivity index (χ0n) is 12.9. The number of primary amides is 1. The predicted molar refractivity (Wildman–Crippen MR) is 86.1 cm³/mol. The summed E-state index contributed by atoms with van der Waals surface area (Å²) in [6.45, 7) is 3.22. The lowest BCUT2D eigenvalue weighted by molar-refractivity contribution is 0.248. The average Bonchev–Trinajstić information content (AvgIpc) is 2.45. The Bertz CT molecular complexity index is 436. The maximum absolute atomic E-state index is 10.8. The summed E-state index contributed by atoms with van der Waals surface area (Å²) in [6, 6.07) is 4.88. The summed E-state index contributed by atoms with van der Waals surface area (Å²) in [5, 5.41) is 2.56. The number of nitrogens with two attached hydrogens (primary N) is 2. The van der Waals surface area contributed by atoms with Gasteiger partial charge in [0.1, 0.15) is 5.75 Å². The number of rotatable bonds is 10. The molecule has 0 saturated heterocycles. The summed E-state index contributed by atoms with van der Waals surface area (Å²) in [5.41, 5.74) is 12.3. The summed E-state index contributed by atoms with van der Waals surface area (Å²) < 4.78 is 5.78. The summed E-state index contributed by atoms with van der Waals surface area (Å²) in [5.74, 6) is 0.756. The Kier molecular flexibility index (Phi) is 8.09. The molecular formula is C16H27N3O2. The molecule has 0 atom stereocenters. The van der Waals surface area contributed by atoms with Gasteiger partial charge in [0.25, 0.3) is 0 Å². The fourth-order valence-corrected chi connectivity index (χ4v) is 2.13. The van der Waals surface area contributed by atoms with E-state index in [4.69, 9.17) is 16.2 Å². The lowest BCUT2D eigenvalue weighted by Gasteiger charge is -2.12. The molecule has 0 fully saturated rings. The number of unbranched alkanes of at least 4 members (excludes halogenated alkanes) is 5. The topological polar surface area (TPSA) is 90.4 Å².